The molecule has 1 aromatic carbocycles. The molecule has 1 rings (SSSR count). The molecule has 0 saturated heterocycles. The average molecular weight is 385 g/mol. The van der Waals surface area contributed by atoms with E-state index in [1.54, 1.807) is 6.07 Å². The van der Waals surface area contributed by atoms with Gasteiger partial charge in [-0.1, -0.05) is 36.5 Å². The number of benzene rings is 1. The zero-order valence-corrected chi connectivity index (χ0v) is 15.5. The first-order chi connectivity index (χ1) is 10.9. The molecule has 0 heterocycles. The van der Waals surface area contributed by atoms with Crippen LogP contribution in [-0.4, -0.2) is 32.6 Å². The molecule has 0 saturated carbocycles. The van der Waals surface area contributed by atoms with Gasteiger partial charge >= 0.3 is 13.6 Å². The third kappa shape index (κ3) is 5.98. The quantitative estimate of drug-likeness (QED) is 0.460. The fraction of sp³-hybridized carbons (Fsp3) is 0.500. The van der Waals surface area contributed by atoms with Crippen molar-refractivity contribution in [2.24, 2.45) is 0 Å². The topological polar surface area (TPSA) is 71.1 Å². The molecule has 0 aliphatic carbocycles. The minimum atomic E-state index is -3.52. The molecule has 0 fully saturated rings. The third-order valence-corrected chi connectivity index (χ3v) is 5.52. The minimum absolute atomic E-state index is 0.273. The van der Waals surface area contributed by atoms with Crippen LogP contribution in [0.25, 0.3) is 0 Å². The molecule has 1 unspecified atom stereocenters. The van der Waals surface area contributed by atoms with Gasteiger partial charge in [0, 0.05) is 19.2 Å². The molecule has 130 valence electrons. The van der Waals surface area contributed by atoms with E-state index in [1.807, 2.05) is 6.92 Å². The van der Waals surface area contributed by atoms with Gasteiger partial charge in [-0.2, -0.15) is 0 Å². The molecule has 0 bridgehead atoms. The Balaban J connectivity index is 2.67. The van der Waals surface area contributed by atoms with Crippen molar-refractivity contribution in [2.45, 2.75) is 25.6 Å². The molecule has 0 aliphatic heterocycles. The predicted molar refractivity (Wildman–Crippen MR) is 88.4 cm³/mol. The normalized spacial score (nSPS) is 12.7. The number of hydrogen-bond donors (Lipinski definition) is 0. The van der Waals surface area contributed by atoms with E-state index in [4.69, 9.17) is 41.7 Å². The third-order valence-electron chi connectivity index (χ3n) is 2.90. The highest BCUT2D eigenvalue weighted by molar-refractivity contribution is 7.54. The Morgan fingerprint density at radius 1 is 1.26 bits per heavy atom. The monoisotopic (exact) mass is 384 g/mol. The van der Waals surface area contributed by atoms with Crippen molar-refractivity contribution in [1.29, 1.82) is 0 Å². The largest absolute Gasteiger partial charge is 0.480 e. The number of carbonyl (C=O) groups excluding carboxylic acids is 1. The predicted octanol–water partition coefficient (Wildman–Crippen LogP) is 4.53. The zero-order valence-electron chi connectivity index (χ0n) is 13.1. The Bertz CT molecular complexity index is 572. The maximum atomic E-state index is 12.3. The summed E-state index contributed by atoms with van der Waals surface area (Å²) in [7, 11) is -1.03. The Morgan fingerprint density at radius 2 is 1.91 bits per heavy atom. The van der Waals surface area contributed by atoms with Gasteiger partial charge in [-0.05, 0) is 24.6 Å². The van der Waals surface area contributed by atoms with Crippen LogP contribution >= 0.6 is 30.8 Å². The average Bonchev–Trinajstić information content (AvgIpc) is 2.53. The van der Waals surface area contributed by atoms with E-state index in [2.05, 4.69) is 0 Å². The Labute approximate surface area is 145 Å². The summed E-state index contributed by atoms with van der Waals surface area (Å²) in [5.74, 6) is -1.40. The number of halogens is 2. The number of rotatable bonds is 9. The first kappa shape index (κ1) is 20.3. The highest BCUT2D eigenvalue weighted by atomic mass is 35.5. The van der Waals surface area contributed by atoms with Crippen LogP contribution in [0.15, 0.2) is 18.2 Å². The van der Waals surface area contributed by atoms with Crippen LogP contribution in [0.5, 0.6) is 5.75 Å². The van der Waals surface area contributed by atoms with E-state index in [1.165, 1.54) is 26.4 Å². The highest BCUT2D eigenvalue weighted by Crippen LogP contribution is 2.53. The highest BCUT2D eigenvalue weighted by Gasteiger charge is 2.36. The minimum Gasteiger partial charge on any atom is -0.480 e. The summed E-state index contributed by atoms with van der Waals surface area (Å²) in [5.41, 5.74) is 0. The molecular weight excluding hydrogens is 366 g/mol. The van der Waals surface area contributed by atoms with E-state index in [-0.39, 0.29) is 5.02 Å². The summed E-state index contributed by atoms with van der Waals surface area (Å²) >= 11 is 11.7. The van der Waals surface area contributed by atoms with E-state index < -0.39 is 26.0 Å². The fourth-order valence-electron chi connectivity index (χ4n) is 1.75. The van der Waals surface area contributed by atoms with Crippen molar-refractivity contribution < 1.29 is 27.9 Å². The lowest BCUT2D eigenvalue weighted by atomic mass is 10.3. The van der Waals surface area contributed by atoms with Crippen LogP contribution in [0.3, 0.4) is 0 Å². The summed E-state index contributed by atoms with van der Waals surface area (Å²) in [6.45, 7) is 1.47. The summed E-state index contributed by atoms with van der Waals surface area (Å²) < 4.78 is 32.6. The second kappa shape index (κ2) is 9.50. The smallest absolute Gasteiger partial charge is 0.370 e. The van der Waals surface area contributed by atoms with Crippen molar-refractivity contribution in [3.8, 4) is 5.75 Å². The lowest BCUT2D eigenvalue weighted by molar-refractivity contribution is -0.149. The Hall–Kier alpha value is -0.780. The maximum Gasteiger partial charge on any atom is 0.370 e. The lowest BCUT2D eigenvalue weighted by Crippen LogP contribution is -2.24. The molecule has 0 aromatic heterocycles. The summed E-state index contributed by atoms with van der Waals surface area (Å²) in [6.07, 6.45) is 0.977. The number of hydrogen-bond acceptors (Lipinski definition) is 6. The zero-order chi connectivity index (χ0) is 17.5. The second-order valence-electron chi connectivity index (χ2n) is 4.50. The van der Waals surface area contributed by atoms with E-state index in [0.717, 1.165) is 0 Å². The summed E-state index contributed by atoms with van der Waals surface area (Å²) in [5, 5.41) is 0.726. The van der Waals surface area contributed by atoms with Gasteiger partial charge in [0.05, 0.1) is 5.02 Å². The first-order valence-corrected chi connectivity index (χ1v) is 9.21. The van der Waals surface area contributed by atoms with Crippen molar-refractivity contribution in [1.82, 2.24) is 0 Å². The van der Waals surface area contributed by atoms with Gasteiger partial charge in [0.25, 0.3) is 0 Å². The molecule has 0 aliphatic rings. The van der Waals surface area contributed by atoms with Crippen molar-refractivity contribution >= 4 is 36.8 Å². The molecule has 1 aromatic rings. The second-order valence-corrected chi connectivity index (χ2v) is 7.73. The Morgan fingerprint density at radius 3 is 2.43 bits per heavy atom. The van der Waals surface area contributed by atoms with Crippen molar-refractivity contribution in [3.63, 3.8) is 0 Å². The van der Waals surface area contributed by atoms with E-state index in [0.29, 0.717) is 23.6 Å². The lowest BCUT2D eigenvalue weighted by Gasteiger charge is -2.23. The van der Waals surface area contributed by atoms with E-state index >= 15 is 0 Å². The number of esters is 1. The molecule has 23 heavy (non-hydrogen) atoms. The van der Waals surface area contributed by atoms with Gasteiger partial charge in [0.1, 0.15) is 5.75 Å². The van der Waals surface area contributed by atoms with Gasteiger partial charge in [-0.3, -0.25) is 4.57 Å². The van der Waals surface area contributed by atoms with Gasteiger partial charge in [-0.15, -0.1) is 0 Å². The van der Waals surface area contributed by atoms with Crippen LogP contribution in [0.1, 0.15) is 19.8 Å². The molecule has 1 atom stereocenters. The Kier molecular flexibility index (Phi) is 8.37. The van der Waals surface area contributed by atoms with Crippen molar-refractivity contribution in [3.05, 3.63) is 28.2 Å². The molecule has 0 amide bonds. The van der Waals surface area contributed by atoms with Crippen LogP contribution in [0.4, 0.5) is 0 Å². The first-order valence-electron chi connectivity index (χ1n) is 6.84. The van der Waals surface area contributed by atoms with Crippen LogP contribution in [-0.2, 0) is 23.1 Å². The molecule has 9 heteroatoms. The van der Waals surface area contributed by atoms with Crippen LogP contribution in [0, 0.1) is 0 Å². The standard InChI is InChI=1S/C14H19Cl2O6P/c1-4-5-14(23(18,19-2)20-3)22-13(17)9-21-12-7-6-10(15)8-11(12)16/h6-8,14H,4-5,9H2,1-3H3. The van der Waals surface area contributed by atoms with Crippen LogP contribution in [0.2, 0.25) is 10.0 Å². The molecule has 0 radical (unpaired) electrons. The van der Waals surface area contributed by atoms with Gasteiger partial charge in [-0.25, -0.2) is 4.79 Å². The van der Waals surface area contributed by atoms with Gasteiger partial charge in [0.2, 0.25) is 5.85 Å². The molecule has 0 N–H and O–H groups in total. The van der Waals surface area contributed by atoms with Gasteiger partial charge < -0.3 is 18.5 Å². The SMILES string of the molecule is CCCC(OC(=O)COc1ccc(Cl)cc1Cl)P(=O)(OC)OC. The summed E-state index contributed by atoms with van der Waals surface area (Å²) in [4.78, 5) is 11.9. The number of carbonyl (C=O) groups is 1. The van der Waals surface area contributed by atoms with Crippen LogP contribution < -0.4 is 4.74 Å². The van der Waals surface area contributed by atoms with E-state index in [9.17, 15) is 9.36 Å². The molecular formula is C14H19Cl2O6P. The maximum absolute atomic E-state index is 12.3. The van der Waals surface area contributed by atoms with Crippen molar-refractivity contribution in [2.75, 3.05) is 20.8 Å². The fourth-order valence-corrected chi connectivity index (χ4v) is 3.66. The molecule has 0 spiro atoms. The molecule has 6 nitrogen and oxygen atoms in total. The summed E-state index contributed by atoms with van der Waals surface area (Å²) in [6, 6.07) is 4.61. The number of ether oxygens (including phenoxy) is 2. The van der Waals surface area contributed by atoms with Gasteiger partial charge in [0.15, 0.2) is 6.61 Å².